The molecule has 0 aromatic heterocycles. The summed E-state index contributed by atoms with van der Waals surface area (Å²) in [7, 11) is 0.819. The van der Waals surface area contributed by atoms with E-state index in [1.807, 2.05) is 44.1 Å². The van der Waals surface area contributed by atoms with Crippen LogP contribution in [-0.2, 0) is 14.8 Å². The molecule has 0 radical (unpaired) electrons. The Morgan fingerprint density at radius 1 is 1.29 bits per heavy atom. The number of nitrogens with one attached hydrogen (secondary N) is 1. The maximum atomic E-state index is 12.4. The smallest absolute Gasteiger partial charge is 0.227 e. The summed E-state index contributed by atoms with van der Waals surface area (Å²) in [5.41, 5.74) is 3.00. The van der Waals surface area contributed by atoms with Gasteiger partial charge in [-0.2, -0.15) is 0 Å². The molecule has 1 N–H and O–H groups in total. The number of hydrogen-bond acceptors (Lipinski definition) is 4. The fraction of sp³-hybridized carbons (Fsp3) is 0.588. The number of nitrogens with zero attached hydrogens (tertiary/aromatic N) is 2. The SMILES string of the molecule is CCS(=O)(=O)N1CCC(C(=O)Nc2ccc(N(C)C)c(C)c2)CC1. The Labute approximate surface area is 144 Å². The van der Waals surface area contributed by atoms with Gasteiger partial charge in [0, 0.05) is 44.5 Å². The third-order valence-corrected chi connectivity index (χ3v) is 6.41. The fourth-order valence-electron chi connectivity index (χ4n) is 3.06. The highest BCUT2D eigenvalue weighted by Crippen LogP contribution is 2.24. The van der Waals surface area contributed by atoms with E-state index in [0.717, 1.165) is 16.9 Å². The summed E-state index contributed by atoms with van der Waals surface area (Å²) >= 11 is 0. The number of benzene rings is 1. The van der Waals surface area contributed by atoms with Crippen LogP contribution in [0.3, 0.4) is 0 Å². The van der Waals surface area contributed by atoms with Crippen molar-refractivity contribution in [2.24, 2.45) is 5.92 Å². The van der Waals surface area contributed by atoms with Gasteiger partial charge in [0.25, 0.3) is 0 Å². The number of carbonyl (C=O) groups excluding carboxylic acids is 1. The highest BCUT2D eigenvalue weighted by atomic mass is 32.2. The molecular weight excluding hydrogens is 326 g/mol. The molecule has 1 aromatic rings. The molecule has 1 fully saturated rings. The van der Waals surface area contributed by atoms with Gasteiger partial charge in [-0.05, 0) is 50.5 Å². The van der Waals surface area contributed by atoms with E-state index in [9.17, 15) is 13.2 Å². The maximum Gasteiger partial charge on any atom is 0.227 e. The van der Waals surface area contributed by atoms with Gasteiger partial charge >= 0.3 is 0 Å². The molecule has 1 saturated heterocycles. The summed E-state index contributed by atoms with van der Waals surface area (Å²) in [6, 6.07) is 5.85. The van der Waals surface area contributed by atoms with E-state index in [2.05, 4.69) is 5.32 Å². The van der Waals surface area contributed by atoms with Crippen LogP contribution >= 0.6 is 0 Å². The summed E-state index contributed by atoms with van der Waals surface area (Å²) in [5.74, 6) is -0.0517. The molecule has 2 rings (SSSR count). The van der Waals surface area contributed by atoms with Crippen LogP contribution in [-0.4, -0.2) is 51.6 Å². The van der Waals surface area contributed by atoms with E-state index in [-0.39, 0.29) is 17.6 Å². The predicted octanol–water partition coefficient (Wildman–Crippen LogP) is 2.06. The first kappa shape index (κ1) is 18.7. The van der Waals surface area contributed by atoms with Crippen molar-refractivity contribution in [2.45, 2.75) is 26.7 Å². The Hall–Kier alpha value is -1.60. The average Bonchev–Trinajstić information content (AvgIpc) is 2.54. The van der Waals surface area contributed by atoms with E-state index < -0.39 is 10.0 Å². The number of piperidine rings is 1. The van der Waals surface area contributed by atoms with E-state index >= 15 is 0 Å². The zero-order valence-electron chi connectivity index (χ0n) is 14.9. The van der Waals surface area contributed by atoms with Crippen molar-refractivity contribution in [1.82, 2.24) is 4.31 Å². The van der Waals surface area contributed by atoms with Crippen LogP contribution in [0.5, 0.6) is 0 Å². The second-order valence-corrected chi connectivity index (χ2v) is 8.72. The van der Waals surface area contributed by atoms with Crippen LogP contribution in [0, 0.1) is 12.8 Å². The molecular formula is C17H27N3O3S. The van der Waals surface area contributed by atoms with E-state index in [1.54, 1.807) is 6.92 Å². The third-order valence-electron chi connectivity index (χ3n) is 4.53. The zero-order valence-corrected chi connectivity index (χ0v) is 15.7. The molecule has 0 saturated carbocycles. The summed E-state index contributed by atoms with van der Waals surface area (Å²) < 4.78 is 25.2. The lowest BCUT2D eigenvalue weighted by Gasteiger charge is -2.30. The summed E-state index contributed by atoms with van der Waals surface area (Å²) in [6.45, 7) is 4.51. The van der Waals surface area contributed by atoms with Crippen molar-refractivity contribution in [3.63, 3.8) is 0 Å². The van der Waals surface area contributed by atoms with Gasteiger partial charge in [0.15, 0.2) is 0 Å². The van der Waals surface area contributed by atoms with Crippen molar-refractivity contribution in [2.75, 3.05) is 43.2 Å². The van der Waals surface area contributed by atoms with Gasteiger partial charge in [0.1, 0.15) is 0 Å². The highest BCUT2D eigenvalue weighted by Gasteiger charge is 2.30. The molecule has 24 heavy (non-hydrogen) atoms. The van der Waals surface area contributed by atoms with Crippen LogP contribution in [0.15, 0.2) is 18.2 Å². The number of anilines is 2. The second-order valence-electron chi connectivity index (χ2n) is 6.46. The van der Waals surface area contributed by atoms with Crippen molar-refractivity contribution < 1.29 is 13.2 Å². The van der Waals surface area contributed by atoms with Gasteiger partial charge in [0.2, 0.25) is 15.9 Å². The molecule has 1 heterocycles. The molecule has 1 aliphatic heterocycles. The van der Waals surface area contributed by atoms with Crippen molar-refractivity contribution in [3.8, 4) is 0 Å². The number of amides is 1. The first-order valence-corrected chi connectivity index (χ1v) is 9.92. The molecule has 1 amide bonds. The number of carbonyl (C=O) groups is 1. The number of sulfonamides is 1. The number of aryl methyl sites for hydroxylation is 1. The maximum absolute atomic E-state index is 12.4. The first-order valence-electron chi connectivity index (χ1n) is 8.31. The van der Waals surface area contributed by atoms with Gasteiger partial charge < -0.3 is 10.2 Å². The van der Waals surface area contributed by atoms with Crippen LogP contribution < -0.4 is 10.2 Å². The summed E-state index contributed by atoms with van der Waals surface area (Å²) in [6.07, 6.45) is 1.14. The van der Waals surface area contributed by atoms with Crippen molar-refractivity contribution in [3.05, 3.63) is 23.8 Å². The zero-order chi connectivity index (χ0) is 17.9. The Bertz CT molecular complexity index is 693. The molecule has 7 heteroatoms. The molecule has 0 bridgehead atoms. The molecule has 134 valence electrons. The van der Waals surface area contributed by atoms with Crippen molar-refractivity contribution >= 4 is 27.3 Å². The molecule has 0 unspecified atom stereocenters. The Kier molecular flexibility index (Phi) is 5.87. The standard InChI is InChI=1S/C17H27N3O3S/c1-5-24(22,23)20-10-8-14(9-11-20)17(21)18-15-6-7-16(19(3)4)13(2)12-15/h6-7,12,14H,5,8-11H2,1-4H3,(H,18,21). The first-order chi connectivity index (χ1) is 11.2. The van der Waals surface area contributed by atoms with Crippen LogP contribution in [0.4, 0.5) is 11.4 Å². The molecule has 0 aliphatic carbocycles. The predicted molar refractivity (Wildman–Crippen MR) is 97.9 cm³/mol. The highest BCUT2D eigenvalue weighted by molar-refractivity contribution is 7.89. The van der Waals surface area contributed by atoms with Gasteiger partial charge in [-0.1, -0.05) is 0 Å². The monoisotopic (exact) mass is 353 g/mol. The summed E-state index contributed by atoms with van der Waals surface area (Å²) in [4.78, 5) is 14.5. The molecule has 1 aliphatic rings. The molecule has 1 aromatic carbocycles. The fourth-order valence-corrected chi connectivity index (χ4v) is 4.19. The Balaban J connectivity index is 1.96. The second kappa shape index (κ2) is 7.53. The van der Waals surface area contributed by atoms with Crippen molar-refractivity contribution in [1.29, 1.82) is 0 Å². The molecule has 0 atom stereocenters. The minimum absolute atomic E-state index is 0.0273. The topological polar surface area (TPSA) is 69.7 Å². The Morgan fingerprint density at radius 3 is 2.42 bits per heavy atom. The van der Waals surface area contributed by atoms with E-state index in [1.165, 1.54) is 4.31 Å². The van der Waals surface area contributed by atoms with Gasteiger partial charge in [-0.3, -0.25) is 4.79 Å². The summed E-state index contributed by atoms with van der Waals surface area (Å²) in [5, 5.41) is 2.96. The largest absolute Gasteiger partial charge is 0.377 e. The lowest BCUT2D eigenvalue weighted by atomic mass is 9.97. The van der Waals surface area contributed by atoms with Crippen LogP contribution in [0.25, 0.3) is 0 Å². The van der Waals surface area contributed by atoms with Gasteiger partial charge in [-0.15, -0.1) is 0 Å². The van der Waals surface area contributed by atoms with Crippen LogP contribution in [0.2, 0.25) is 0 Å². The minimum atomic E-state index is -3.15. The minimum Gasteiger partial charge on any atom is -0.377 e. The van der Waals surface area contributed by atoms with Gasteiger partial charge in [0.05, 0.1) is 5.75 Å². The normalized spacial score (nSPS) is 16.8. The lowest BCUT2D eigenvalue weighted by molar-refractivity contribution is -0.120. The van der Waals surface area contributed by atoms with E-state index in [0.29, 0.717) is 25.9 Å². The van der Waals surface area contributed by atoms with Gasteiger partial charge in [-0.25, -0.2) is 12.7 Å². The van der Waals surface area contributed by atoms with Crippen LogP contribution in [0.1, 0.15) is 25.3 Å². The lowest BCUT2D eigenvalue weighted by Crippen LogP contribution is -2.42. The Morgan fingerprint density at radius 2 is 1.92 bits per heavy atom. The third kappa shape index (κ3) is 4.27. The average molecular weight is 353 g/mol. The quantitative estimate of drug-likeness (QED) is 0.880. The molecule has 6 nitrogen and oxygen atoms in total. The number of hydrogen-bond donors (Lipinski definition) is 1. The molecule has 0 spiro atoms. The number of rotatable bonds is 5. The van der Waals surface area contributed by atoms with E-state index in [4.69, 9.17) is 0 Å².